The van der Waals surface area contributed by atoms with Crippen LogP contribution in [0.4, 0.5) is 0 Å². The number of rotatable bonds is 2. The lowest BCUT2D eigenvalue weighted by atomic mass is 10.0. The molecule has 0 atom stereocenters. The smallest absolute Gasteiger partial charge is 0.353 e. The van der Waals surface area contributed by atoms with E-state index in [-0.39, 0.29) is 11.3 Å². The molecule has 0 radical (unpaired) electrons. The number of hydrogen-bond donors (Lipinski definition) is 3. The van der Waals surface area contributed by atoms with Crippen LogP contribution in [0, 0.1) is 13.8 Å². The van der Waals surface area contributed by atoms with E-state index in [0.717, 1.165) is 11.1 Å². The molecule has 1 aromatic carbocycles. The summed E-state index contributed by atoms with van der Waals surface area (Å²) in [5.74, 6) is -2.50. The number of nitrogens with one attached hydrogen (secondary N) is 1. The molecule has 0 aliphatic heterocycles. The van der Waals surface area contributed by atoms with E-state index in [4.69, 9.17) is 10.2 Å². The van der Waals surface area contributed by atoms with Gasteiger partial charge in [-0.15, -0.1) is 0 Å². The van der Waals surface area contributed by atoms with Crippen molar-refractivity contribution >= 4 is 22.8 Å². The largest absolute Gasteiger partial charge is 0.478 e. The lowest BCUT2D eigenvalue weighted by Gasteiger charge is -2.02. The van der Waals surface area contributed by atoms with Crippen molar-refractivity contribution in [3.05, 3.63) is 34.5 Å². The average molecular weight is 233 g/mol. The number of carboxylic acids is 2. The Hall–Kier alpha value is -2.30. The second kappa shape index (κ2) is 3.62. The predicted octanol–water partition coefficient (Wildman–Crippen LogP) is 2.18. The van der Waals surface area contributed by atoms with E-state index in [1.807, 2.05) is 13.0 Å². The molecule has 1 aromatic heterocycles. The topological polar surface area (TPSA) is 90.4 Å². The van der Waals surface area contributed by atoms with E-state index in [2.05, 4.69) is 4.98 Å². The number of fused-ring (bicyclic) bond motifs is 1. The second-order valence-electron chi connectivity index (χ2n) is 3.92. The summed E-state index contributed by atoms with van der Waals surface area (Å²) < 4.78 is 0. The van der Waals surface area contributed by atoms with E-state index in [1.165, 1.54) is 0 Å². The third kappa shape index (κ3) is 1.56. The monoisotopic (exact) mass is 233 g/mol. The molecule has 5 heteroatoms. The summed E-state index contributed by atoms with van der Waals surface area (Å²) in [6.45, 7) is 3.64. The summed E-state index contributed by atoms with van der Waals surface area (Å²) in [6.07, 6.45) is 0. The van der Waals surface area contributed by atoms with Crippen LogP contribution in [0.15, 0.2) is 12.1 Å². The van der Waals surface area contributed by atoms with Gasteiger partial charge in [-0.05, 0) is 31.0 Å². The fourth-order valence-corrected chi connectivity index (χ4v) is 1.94. The Labute approximate surface area is 96.7 Å². The minimum Gasteiger partial charge on any atom is -0.478 e. The van der Waals surface area contributed by atoms with Crippen LogP contribution < -0.4 is 0 Å². The van der Waals surface area contributed by atoms with Crippen LogP contribution in [0.5, 0.6) is 0 Å². The van der Waals surface area contributed by atoms with Crippen LogP contribution in [0.2, 0.25) is 0 Å². The van der Waals surface area contributed by atoms with E-state index in [9.17, 15) is 9.59 Å². The fourth-order valence-electron chi connectivity index (χ4n) is 1.94. The molecule has 0 amide bonds. The van der Waals surface area contributed by atoms with Gasteiger partial charge in [-0.3, -0.25) is 0 Å². The van der Waals surface area contributed by atoms with E-state index in [0.29, 0.717) is 10.9 Å². The number of aromatic carboxylic acids is 2. The molecule has 5 nitrogen and oxygen atoms in total. The molecule has 0 aliphatic carbocycles. The number of carboxylic acid groups (broad SMARTS) is 2. The first kappa shape index (κ1) is 11.2. The molecule has 3 N–H and O–H groups in total. The van der Waals surface area contributed by atoms with Gasteiger partial charge >= 0.3 is 11.9 Å². The van der Waals surface area contributed by atoms with Gasteiger partial charge in [-0.2, -0.15) is 0 Å². The molecule has 0 saturated heterocycles. The third-order valence-electron chi connectivity index (χ3n) is 2.92. The third-order valence-corrected chi connectivity index (χ3v) is 2.92. The summed E-state index contributed by atoms with van der Waals surface area (Å²) in [5.41, 5.74) is 1.79. The SMILES string of the molecule is Cc1ccc2[nH]c(C(=O)O)c(C(=O)O)c2c1C. The number of carbonyl (C=O) groups is 2. The number of H-pyrrole nitrogens is 1. The quantitative estimate of drug-likeness (QED) is 0.741. The Morgan fingerprint density at radius 1 is 1.12 bits per heavy atom. The van der Waals surface area contributed by atoms with Gasteiger partial charge in [0.2, 0.25) is 0 Å². The zero-order valence-corrected chi connectivity index (χ0v) is 9.37. The van der Waals surface area contributed by atoms with Crippen molar-refractivity contribution in [1.29, 1.82) is 0 Å². The van der Waals surface area contributed by atoms with Crippen molar-refractivity contribution < 1.29 is 19.8 Å². The van der Waals surface area contributed by atoms with Gasteiger partial charge in [0.05, 0.1) is 5.56 Å². The van der Waals surface area contributed by atoms with Gasteiger partial charge < -0.3 is 15.2 Å². The first-order valence-electron chi connectivity index (χ1n) is 5.02. The molecule has 0 saturated carbocycles. The van der Waals surface area contributed by atoms with Crippen molar-refractivity contribution in [3.8, 4) is 0 Å². The molecule has 88 valence electrons. The van der Waals surface area contributed by atoms with Gasteiger partial charge in [0, 0.05) is 10.9 Å². The molecule has 17 heavy (non-hydrogen) atoms. The van der Waals surface area contributed by atoms with E-state index < -0.39 is 11.9 Å². The maximum Gasteiger partial charge on any atom is 0.353 e. The Balaban J connectivity index is 2.97. The predicted molar refractivity (Wildman–Crippen MR) is 61.7 cm³/mol. The zero-order chi connectivity index (χ0) is 12.7. The minimum absolute atomic E-state index is 0.172. The molecular weight excluding hydrogens is 222 g/mol. The van der Waals surface area contributed by atoms with E-state index in [1.54, 1.807) is 13.0 Å². The molecule has 2 aromatic rings. The van der Waals surface area contributed by atoms with Crippen molar-refractivity contribution in [2.45, 2.75) is 13.8 Å². The standard InChI is InChI=1S/C12H11NO4/c1-5-3-4-7-8(6(5)2)9(11(14)15)10(13-7)12(16)17/h3-4,13H,1-2H3,(H,14,15)(H,16,17). The number of benzene rings is 1. The Kier molecular flexibility index (Phi) is 2.38. The highest BCUT2D eigenvalue weighted by molar-refractivity contribution is 6.12. The van der Waals surface area contributed by atoms with Crippen molar-refractivity contribution in [2.24, 2.45) is 0 Å². The maximum absolute atomic E-state index is 11.2. The van der Waals surface area contributed by atoms with Crippen LogP contribution in [0.3, 0.4) is 0 Å². The molecule has 0 aliphatic rings. The number of aromatic nitrogens is 1. The number of aromatic amines is 1. The minimum atomic E-state index is -1.27. The fraction of sp³-hybridized carbons (Fsp3) is 0.167. The van der Waals surface area contributed by atoms with Crippen molar-refractivity contribution in [1.82, 2.24) is 4.98 Å². The first-order chi connectivity index (χ1) is 7.93. The maximum atomic E-state index is 11.2. The van der Waals surface area contributed by atoms with Gasteiger partial charge in [-0.1, -0.05) is 6.07 Å². The molecule has 1 heterocycles. The highest BCUT2D eigenvalue weighted by atomic mass is 16.4. The summed E-state index contributed by atoms with van der Waals surface area (Å²) in [5, 5.41) is 18.6. The van der Waals surface area contributed by atoms with E-state index >= 15 is 0 Å². The summed E-state index contributed by atoms with van der Waals surface area (Å²) in [4.78, 5) is 24.8. The Morgan fingerprint density at radius 3 is 2.29 bits per heavy atom. The van der Waals surface area contributed by atoms with Crippen molar-refractivity contribution in [2.75, 3.05) is 0 Å². The van der Waals surface area contributed by atoms with Crippen molar-refractivity contribution in [3.63, 3.8) is 0 Å². The number of aryl methyl sites for hydroxylation is 2. The molecule has 0 bridgehead atoms. The van der Waals surface area contributed by atoms with Crippen LogP contribution in [-0.4, -0.2) is 27.1 Å². The summed E-state index contributed by atoms with van der Waals surface area (Å²) >= 11 is 0. The lowest BCUT2D eigenvalue weighted by molar-refractivity contribution is 0.0650. The number of hydrogen-bond acceptors (Lipinski definition) is 2. The zero-order valence-electron chi connectivity index (χ0n) is 9.37. The van der Waals surface area contributed by atoms with Crippen LogP contribution >= 0.6 is 0 Å². The van der Waals surface area contributed by atoms with Gasteiger partial charge in [-0.25, -0.2) is 9.59 Å². The highest BCUT2D eigenvalue weighted by Crippen LogP contribution is 2.27. The summed E-state index contributed by atoms with van der Waals surface area (Å²) in [6, 6.07) is 3.52. The van der Waals surface area contributed by atoms with Gasteiger partial charge in [0.15, 0.2) is 0 Å². The van der Waals surface area contributed by atoms with Crippen LogP contribution in [0.1, 0.15) is 32.0 Å². The highest BCUT2D eigenvalue weighted by Gasteiger charge is 2.23. The average Bonchev–Trinajstić information content (AvgIpc) is 2.63. The lowest BCUT2D eigenvalue weighted by Crippen LogP contribution is -2.06. The summed E-state index contributed by atoms with van der Waals surface area (Å²) in [7, 11) is 0. The van der Waals surface area contributed by atoms with Crippen LogP contribution in [-0.2, 0) is 0 Å². The molecular formula is C12H11NO4. The van der Waals surface area contributed by atoms with Gasteiger partial charge in [0.25, 0.3) is 0 Å². The molecule has 0 fully saturated rings. The Morgan fingerprint density at radius 2 is 1.76 bits per heavy atom. The van der Waals surface area contributed by atoms with Gasteiger partial charge in [0.1, 0.15) is 5.69 Å². The normalized spacial score (nSPS) is 10.7. The molecule has 0 unspecified atom stereocenters. The second-order valence-corrected chi connectivity index (χ2v) is 3.92. The Bertz CT molecular complexity index is 639. The van der Waals surface area contributed by atoms with Crippen LogP contribution in [0.25, 0.3) is 10.9 Å². The molecule has 0 spiro atoms. The molecule has 2 rings (SSSR count). The first-order valence-corrected chi connectivity index (χ1v) is 5.02.